The van der Waals surface area contributed by atoms with E-state index >= 15 is 0 Å². The lowest BCUT2D eigenvalue weighted by molar-refractivity contribution is 0.0615. The molecular formula is C12H15Cl2NO. The van der Waals surface area contributed by atoms with E-state index in [0.29, 0.717) is 16.6 Å². The average molecular weight is 260 g/mol. The van der Waals surface area contributed by atoms with Crippen LogP contribution in [0.15, 0.2) is 18.2 Å². The Balaban J connectivity index is 1.98. The summed E-state index contributed by atoms with van der Waals surface area (Å²) in [6, 6.07) is 5.32. The summed E-state index contributed by atoms with van der Waals surface area (Å²) in [5.74, 6) is 0. The third-order valence-corrected chi connectivity index (χ3v) is 3.45. The zero-order chi connectivity index (χ0) is 11.6. The van der Waals surface area contributed by atoms with Gasteiger partial charge in [-0.1, -0.05) is 36.0 Å². The largest absolute Gasteiger partial charge is 0.388 e. The summed E-state index contributed by atoms with van der Waals surface area (Å²) in [4.78, 5) is 0. The van der Waals surface area contributed by atoms with Gasteiger partial charge in [-0.15, -0.1) is 0 Å². The highest BCUT2D eigenvalue weighted by atomic mass is 35.5. The molecule has 0 aliphatic heterocycles. The van der Waals surface area contributed by atoms with Crippen LogP contribution in [0.2, 0.25) is 10.0 Å². The number of benzene rings is 1. The number of rotatable bonds is 3. The van der Waals surface area contributed by atoms with Gasteiger partial charge in [-0.05, 0) is 31.0 Å². The predicted molar refractivity (Wildman–Crippen MR) is 68.4 cm³/mol. The monoisotopic (exact) mass is 259 g/mol. The number of aliphatic hydroxyl groups is 1. The molecular weight excluding hydrogens is 245 g/mol. The van der Waals surface area contributed by atoms with Crippen molar-refractivity contribution < 1.29 is 5.11 Å². The quantitative estimate of drug-likeness (QED) is 0.868. The van der Waals surface area contributed by atoms with E-state index in [1.54, 1.807) is 6.07 Å². The van der Waals surface area contributed by atoms with Crippen LogP contribution in [-0.2, 0) is 0 Å². The molecule has 2 nitrogen and oxygen atoms in total. The summed E-state index contributed by atoms with van der Waals surface area (Å²) in [6.07, 6.45) is 3.95. The minimum absolute atomic E-state index is 0.559. The highest BCUT2D eigenvalue weighted by Gasteiger charge is 2.30. The maximum absolute atomic E-state index is 10.2. The van der Waals surface area contributed by atoms with Crippen molar-refractivity contribution in [3.8, 4) is 0 Å². The molecule has 2 rings (SSSR count). The fourth-order valence-electron chi connectivity index (χ4n) is 2.13. The van der Waals surface area contributed by atoms with E-state index in [0.717, 1.165) is 31.4 Å². The molecule has 0 spiro atoms. The third kappa shape index (κ3) is 3.03. The molecule has 1 aromatic rings. The van der Waals surface area contributed by atoms with Gasteiger partial charge in [-0.25, -0.2) is 0 Å². The van der Waals surface area contributed by atoms with Crippen LogP contribution in [0.25, 0.3) is 0 Å². The van der Waals surface area contributed by atoms with Gasteiger partial charge in [0.25, 0.3) is 0 Å². The Hall–Kier alpha value is -0.440. The topological polar surface area (TPSA) is 32.3 Å². The molecule has 0 bridgehead atoms. The maximum atomic E-state index is 10.2. The number of anilines is 1. The van der Waals surface area contributed by atoms with Crippen molar-refractivity contribution in [3.05, 3.63) is 28.2 Å². The van der Waals surface area contributed by atoms with Crippen molar-refractivity contribution >= 4 is 28.9 Å². The first-order chi connectivity index (χ1) is 7.57. The summed E-state index contributed by atoms with van der Waals surface area (Å²) in [6.45, 7) is 0.559. The zero-order valence-electron chi connectivity index (χ0n) is 8.97. The molecule has 0 amide bonds. The minimum atomic E-state index is -0.561. The molecule has 88 valence electrons. The Morgan fingerprint density at radius 1 is 1.12 bits per heavy atom. The van der Waals surface area contributed by atoms with Crippen molar-refractivity contribution in [2.24, 2.45) is 0 Å². The highest BCUT2D eigenvalue weighted by molar-refractivity contribution is 6.35. The average Bonchev–Trinajstić information content (AvgIpc) is 2.62. The standard InChI is InChI=1S/C12H15Cl2NO/c13-9-5-10(14)7-11(6-9)15-8-12(16)3-1-2-4-12/h5-7,15-16H,1-4,8H2. The first-order valence-corrected chi connectivity index (χ1v) is 6.25. The van der Waals surface area contributed by atoms with Gasteiger partial charge in [0.15, 0.2) is 0 Å². The van der Waals surface area contributed by atoms with Crippen LogP contribution in [0.3, 0.4) is 0 Å². The van der Waals surface area contributed by atoms with Gasteiger partial charge in [0.1, 0.15) is 0 Å². The van der Waals surface area contributed by atoms with Crippen molar-refractivity contribution in [3.63, 3.8) is 0 Å². The summed E-state index contributed by atoms with van der Waals surface area (Å²) in [7, 11) is 0. The second-order valence-electron chi connectivity index (χ2n) is 4.44. The fraction of sp³-hybridized carbons (Fsp3) is 0.500. The van der Waals surface area contributed by atoms with Gasteiger partial charge in [-0.3, -0.25) is 0 Å². The Labute approximate surface area is 106 Å². The van der Waals surface area contributed by atoms with E-state index in [9.17, 15) is 5.11 Å². The van der Waals surface area contributed by atoms with E-state index in [1.807, 2.05) is 12.1 Å². The molecule has 16 heavy (non-hydrogen) atoms. The SMILES string of the molecule is OC1(CNc2cc(Cl)cc(Cl)c2)CCCC1. The Morgan fingerprint density at radius 2 is 1.69 bits per heavy atom. The molecule has 1 fully saturated rings. The second kappa shape index (κ2) is 4.82. The summed E-state index contributed by atoms with van der Waals surface area (Å²) in [5.41, 5.74) is 0.298. The minimum Gasteiger partial charge on any atom is -0.388 e. The number of halogens is 2. The van der Waals surface area contributed by atoms with Gasteiger partial charge >= 0.3 is 0 Å². The lowest BCUT2D eigenvalue weighted by Crippen LogP contribution is -2.33. The lowest BCUT2D eigenvalue weighted by Gasteiger charge is -2.23. The van der Waals surface area contributed by atoms with E-state index in [-0.39, 0.29) is 0 Å². The normalized spacial score (nSPS) is 18.7. The number of hydrogen-bond acceptors (Lipinski definition) is 2. The second-order valence-corrected chi connectivity index (χ2v) is 5.32. The van der Waals surface area contributed by atoms with Crippen LogP contribution in [0.1, 0.15) is 25.7 Å². The van der Waals surface area contributed by atoms with Crippen molar-refractivity contribution in [1.29, 1.82) is 0 Å². The van der Waals surface area contributed by atoms with E-state index < -0.39 is 5.60 Å². The molecule has 0 heterocycles. The Kier molecular flexibility index (Phi) is 3.63. The van der Waals surface area contributed by atoms with E-state index in [4.69, 9.17) is 23.2 Å². The number of hydrogen-bond donors (Lipinski definition) is 2. The maximum Gasteiger partial charge on any atom is 0.0819 e. The zero-order valence-corrected chi connectivity index (χ0v) is 10.5. The van der Waals surface area contributed by atoms with Crippen LogP contribution in [-0.4, -0.2) is 17.3 Å². The highest BCUT2D eigenvalue weighted by Crippen LogP contribution is 2.30. The molecule has 0 unspecified atom stereocenters. The van der Waals surface area contributed by atoms with Gasteiger partial charge in [0.05, 0.1) is 5.60 Å². The fourth-order valence-corrected chi connectivity index (χ4v) is 2.66. The summed E-state index contributed by atoms with van der Waals surface area (Å²) >= 11 is 11.8. The first-order valence-electron chi connectivity index (χ1n) is 5.50. The molecule has 2 N–H and O–H groups in total. The van der Waals surface area contributed by atoms with Crippen molar-refractivity contribution in [2.75, 3.05) is 11.9 Å². The van der Waals surface area contributed by atoms with Crippen LogP contribution in [0.5, 0.6) is 0 Å². The molecule has 1 aromatic carbocycles. The van der Waals surface area contributed by atoms with Gasteiger partial charge in [-0.2, -0.15) is 0 Å². The van der Waals surface area contributed by atoms with Gasteiger partial charge < -0.3 is 10.4 Å². The van der Waals surface area contributed by atoms with E-state index in [2.05, 4.69) is 5.32 Å². The molecule has 1 aliphatic rings. The molecule has 1 aliphatic carbocycles. The van der Waals surface area contributed by atoms with Crippen LogP contribution in [0.4, 0.5) is 5.69 Å². The predicted octanol–water partition coefficient (Wildman–Crippen LogP) is 3.71. The summed E-state index contributed by atoms with van der Waals surface area (Å²) < 4.78 is 0. The summed E-state index contributed by atoms with van der Waals surface area (Å²) in [5, 5.41) is 14.6. The van der Waals surface area contributed by atoms with Crippen molar-refractivity contribution in [1.82, 2.24) is 0 Å². The molecule has 0 aromatic heterocycles. The Bertz CT molecular complexity index is 355. The molecule has 0 saturated heterocycles. The number of nitrogens with one attached hydrogen (secondary N) is 1. The molecule has 1 saturated carbocycles. The lowest BCUT2D eigenvalue weighted by atomic mass is 10.0. The van der Waals surface area contributed by atoms with E-state index in [1.165, 1.54) is 0 Å². The van der Waals surface area contributed by atoms with Gasteiger partial charge in [0.2, 0.25) is 0 Å². The van der Waals surface area contributed by atoms with Crippen molar-refractivity contribution in [2.45, 2.75) is 31.3 Å². The first kappa shape index (κ1) is 12.0. The third-order valence-electron chi connectivity index (χ3n) is 3.02. The van der Waals surface area contributed by atoms with Crippen LogP contribution >= 0.6 is 23.2 Å². The Morgan fingerprint density at radius 3 is 2.25 bits per heavy atom. The van der Waals surface area contributed by atoms with Crippen LogP contribution in [0, 0.1) is 0 Å². The molecule has 4 heteroatoms. The smallest absolute Gasteiger partial charge is 0.0819 e. The van der Waals surface area contributed by atoms with Crippen LogP contribution < -0.4 is 5.32 Å². The van der Waals surface area contributed by atoms with Gasteiger partial charge in [0, 0.05) is 22.3 Å². The molecule has 0 radical (unpaired) electrons. The molecule has 0 atom stereocenters.